The molecule has 2 amide bonds. The van der Waals surface area contributed by atoms with Crippen molar-refractivity contribution in [1.29, 1.82) is 0 Å². The van der Waals surface area contributed by atoms with Gasteiger partial charge in [0.2, 0.25) is 5.91 Å². The lowest BCUT2D eigenvalue weighted by Crippen LogP contribution is -2.39. The van der Waals surface area contributed by atoms with Crippen molar-refractivity contribution in [3.8, 4) is 11.3 Å². The van der Waals surface area contributed by atoms with Gasteiger partial charge >= 0.3 is 0 Å². The normalized spacial score (nSPS) is 12.2. The highest BCUT2D eigenvalue weighted by molar-refractivity contribution is 6.07. The number of amides is 2. The van der Waals surface area contributed by atoms with Gasteiger partial charge in [-0.2, -0.15) is 5.10 Å². The number of benzene rings is 2. The first-order chi connectivity index (χ1) is 16.2. The molecule has 0 spiro atoms. The van der Waals surface area contributed by atoms with E-state index in [-0.39, 0.29) is 6.04 Å². The standard InChI is InChI=1S/C26H26FN5O2/c1-15(2)32-25-21(14-29-32)20(13-22(30-25)17-10-8-16(3)9-11-17)26(34)31(4)23(24(28)33)18-6-5-7-19(27)12-18/h5-15,23H,1-4H3,(H2,28,33). The van der Waals surface area contributed by atoms with E-state index in [2.05, 4.69) is 5.10 Å². The second kappa shape index (κ2) is 9.05. The van der Waals surface area contributed by atoms with Crippen LogP contribution in [-0.4, -0.2) is 38.5 Å². The van der Waals surface area contributed by atoms with Crippen LogP contribution in [0.15, 0.2) is 60.8 Å². The average Bonchev–Trinajstić information content (AvgIpc) is 3.23. The first-order valence-electron chi connectivity index (χ1n) is 10.9. The molecular weight excluding hydrogens is 433 g/mol. The van der Waals surface area contributed by atoms with Gasteiger partial charge in [-0.05, 0) is 44.5 Å². The molecular formula is C26H26FN5O2. The van der Waals surface area contributed by atoms with Gasteiger partial charge in [-0.25, -0.2) is 14.1 Å². The highest BCUT2D eigenvalue weighted by atomic mass is 19.1. The summed E-state index contributed by atoms with van der Waals surface area (Å²) < 4.78 is 15.6. The minimum atomic E-state index is -1.14. The number of rotatable bonds is 6. The number of carbonyl (C=O) groups is 2. The number of carbonyl (C=O) groups excluding carboxylic acids is 2. The van der Waals surface area contributed by atoms with Crippen LogP contribution in [0, 0.1) is 12.7 Å². The van der Waals surface area contributed by atoms with Gasteiger partial charge in [-0.15, -0.1) is 0 Å². The molecule has 8 heteroatoms. The van der Waals surface area contributed by atoms with E-state index >= 15 is 0 Å². The Kier molecular flexibility index (Phi) is 6.15. The summed E-state index contributed by atoms with van der Waals surface area (Å²) in [6.07, 6.45) is 1.60. The molecule has 2 aromatic heterocycles. The summed E-state index contributed by atoms with van der Waals surface area (Å²) in [4.78, 5) is 32.1. The Balaban J connectivity index is 1.87. The number of likely N-dealkylation sites (N-methyl/N-ethyl adjacent to an activating group) is 1. The molecule has 0 radical (unpaired) electrons. The summed E-state index contributed by atoms with van der Waals surface area (Å²) in [7, 11) is 1.48. The molecule has 0 aliphatic rings. The maximum atomic E-state index is 13.9. The number of nitrogens with zero attached hydrogens (tertiary/aromatic N) is 4. The summed E-state index contributed by atoms with van der Waals surface area (Å²) in [6, 6.07) is 13.9. The maximum Gasteiger partial charge on any atom is 0.255 e. The maximum absolute atomic E-state index is 13.9. The van der Waals surface area contributed by atoms with Crippen LogP contribution in [0.25, 0.3) is 22.3 Å². The van der Waals surface area contributed by atoms with Crippen molar-refractivity contribution in [3.05, 3.63) is 83.3 Å². The molecule has 1 unspecified atom stereocenters. The molecule has 0 aliphatic carbocycles. The van der Waals surface area contributed by atoms with Gasteiger partial charge < -0.3 is 10.6 Å². The zero-order valence-electron chi connectivity index (χ0n) is 19.5. The molecule has 4 rings (SSSR count). The number of aromatic nitrogens is 3. The lowest BCUT2D eigenvalue weighted by Gasteiger charge is -2.26. The smallest absolute Gasteiger partial charge is 0.255 e. The van der Waals surface area contributed by atoms with Gasteiger partial charge in [0.15, 0.2) is 5.65 Å². The number of pyridine rings is 1. The highest BCUT2D eigenvalue weighted by Crippen LogP contribution is 2.29. The van der Waals surface area contributed by atoms with Crippen LogP contribution in [0.1, 0.15) is 47.4 Å². The predicted octanol–water partition coefficient (Wildman–Crippen LogP) is 4.43. The summed E-state index contributed by atoms with van der Waals surface area (Å²) in [5, 5.41) is 5.00. The molecule has 2 N–H and O–H groups in total. The molecule has 1 atom stereocenters. The number of hydrogen-bond donors (Lipinski definition) is 1. The molecule has 0 bridgehead atoms. The fourth-order valence-corrected chi connectivity index (χ4v) is 4.01. The van der Waals surface area contributed by atoms with Crippen LogP contribution in [-0.2, 0) is 4.79 Å². The Labute approximate surface area is 197 Å². The van der Waals surface area contributed by atoms with Crippen molar-refractivity contribution in [1.82, 2.24) is 19.7 Å². The third-order valence-electron chi connectivity index (χ3n) is 5.78. The molecule has 2 heterocycles. The van der Waals surface area contributed by atoms with Crippen molar-refractivity contribution in [2.75, 3.05) is 7.05 Å². The van der Waals surface area contributed by atoms with E-state index in [0.29, 0.717) is 27.9 Å². The van der Waals surface area contributed by atoms with E-state index in [4.69, 9.17) is 10.7 Å². The van der Waals surface area contributed by atoms with Crippen molar-refractivity contribution < 1.29 is 14.0 Å². The summed E-state index contributed by atoms with van der Waals surface area (Å²) in [6.45, 7) is 5.95. The molecule has 2 aromatic carbocycles. The summed E-state index contributed by atoms with van der Waals surface area (Å²) >= 11 is 0. The predicted molar refractivity (Wildman–Crippen MR) is 129 cm³/mol. The Morgan fingerprint density at radius 2 is 1.79 bits per heavy atom. The summed E-state index contributed by atoms with van der Waals surface area (Å²) in [5.41, 5.74) is 9.39. The van der Waals surface area contributed by atoms with Crippen LogP contribution >= 0.6 is 0 Å². The van der Waals surface area contributed by atoms with Crippen LogP contribution in [0.4, 0.5) is 4.39 Å². The number of halogens is 1. The van der Waals surface area contributed by atoms with Crippen LogP contribution in [0.2, 0.25) is 0 Å². The number of aryl methyl sites for hydroxylation is 1. The van der Waals surface area contributed by atoms with Crippen LogP contribution < -0.4 is 5.73 Å². The molecule has 34 heavy (non-hydrogen) atoms. The topological polar surface area (TPSA) is 94.1 Å². The molecule has 4 aromatic rings. The SMILES string of the molecule is Cc1ccc(-c2cc(C(=O)N(C)C(C(N)=O)c3cccc(F)c3)c3cnn(C(C)C)c3n2)cc1. The molecule has 0 saturated heterocycles. The van der Waals surface area contributed by atoms with Crippen LogP contribution in [0.3, 0.4) is 0 Å². The van der Waals surface area contributed by atoms with Crippen molar-refractivity contribution in [2.45, 2.75) is 32.9 Å². The quantitative estimate of drug-likeness (QED) is 0.462. The van der Waals surface area contributed by atoms with Gasteiger partial charge in [-0.3, -0.25) is 9.59 Å². The Morgan fingerprint density at radius 3 is 2.41 bits per heavy atom. The molecule has 174 valence electrons. The lowest BCUT2D eigenvalue weighted by molar-refractivity contribution is -0.122. The van der Waals surface area contributed by atoms with Gasteiger partial charge in [0.1, 0.15) is 11.9 Å². The van der Waals surface area contributed by atoms with E-state index < -0.39 is 23.7 Å². The Morgan fingerprint density at radius 1 is 1.09 bits per heavy atom. The second-order valence-corrected chi connectivity index (χ2v) is 8.62. The van der Waals surface area contributed by atoms with Crippen molar-refractivity contribution in [2.24, 2.45) is 5.73 Å². The lowest BCUT2D eigenvalue weighted by atomic mass is 10.0. The Hall–Kier alpha value is -4.07. The van der Waals surface area contributed by atoms with Crippen molar-refractivity contribution >= 4 is 22.8 Å². The molecule has 7 nitrogen and oxygen atoms in total. The minimum Gasteiger partial charge on any atom is -0.368 e. The molecule has 0 saturated carbocycles. The highest BCUT2D eigenvalue weighted by Gasteiger charge is 2.30. The van der Waals surface area contributed by atoms with E-state index in [0.717, 1.165) is 11.1 Å². The van der Waals surface area contributed by atoms with Gasteiger partial charge in [0.05, 0.1) is 22.8 Å². The van der Waals surface area contributed by atoms with Crippen LogP contribution in [0.5, 0.6) is 0 Å². The van der Waals surface area contributed by atoms with E-state index in [1.807, 2.05) is 45.0 Å². The van der Waals surface area contributed by atoms with E-state index in [1.165, 1.54) is 30.1 Å². The van der Waals surface area contributed by atoms with E-state index in [1.54, 1.807) is 23.0 Å². The van der Waals surface area contributed by atoms with Gasteiger partial charge in [-0.1, -0.05) is 42.0 Å². The zero-order chi connectivity index (χ0) is 24.6. The third kappa shape index (κ3) is 4.26. The average molecular weight is 460 g/mol. The molecule has 0 fully saturated rings. The van der Waals surface area contributed by atoms with Gasteiger partial charge in [0.25, 0.3) is 5.91 Å². The minimum absolute atomic E-state index is 0.0182. The Bertz CT molecular complexity index is 1380. The number of hydrogen-bond acceptors (Lipinski definition) is 4. The first kappa shape index (κ1) is 23.1. The number of fused-ring (bicyclic) bond motifs is 1. The monoisotopic (exact) mass is 459 g/mol. The molecule has 0 aliphatic heterocycles. The van der Waals surface area contributed by atoms with E-state index in [9.17, 15) is 14.0 Å². The fraction of sp³-hybridized carbons (Fsp3) is 0.231. The zero-order valence-corrected chi connectivity index (χ0v) is 19.5. The first-order valence-corrected chi connectivity index (χ1v) is 10.9. The summed E-state index contributed by atoms with van der Waals surface area (Å²) in [5.74, 6) is -1.73. The van der Waals surface area contributed by atoms with Gasteiger partial charge in [0, 0.05) is 18.7 Å². The number of nitrogens with two attached hydrogens (primary N) is 1. The third-order valence-corrected chi connectivity index (χ3v) is 5.78. The fourth-order valence-electron chi connectivity index (χ4n) is 4.01. The second-order valence-electron chi connectivity index (χ2n) is 8.62. The largest absolute Gasteiger partial charge is 0.368 e. The van der Waals surface area contributed by atoms with Crippen molar-refractivity contribution in [3.63, 3.8) is 0 Å². The number of primary amides is 1.